The molecule has 1 aromatic heterocycles. The van der Waals surface area contributed by atoms with Crippen LogP contribution in [-0.2, 0) is 13.0 Å². The van der Waals surface area contributed by atoms with E-state index in [0.717, 1.165) is 55.0 Å². The fourth-order valence-corrected chi connectivity index (χ4v) is 3.25. The zero-order valence-electron chi connectivity index (χ0n) is 17.1. The quantitative estimate of drug-likeness (QED) is 0.559. The van der Waals surface area contributed by atoms with Gasteiger partial charge in [-0.25, -0.2) is 14.7 Å². The third-order valence-electron chi connectivity index (χ3n) is 4.55. The largest absolute Gasteiger partial charge is 0.493 e. The van der Waals surface area contributed by atoms with Crippen molar-refractivity contribution in [1.82, 2.24) is 25.4 Å². The second-order valence-electron chi connectivity index (χ2n) is 6.94. The molecule has 8 heteroatoms. The molecule has 2 N–H and O–H groups in total. The minimum absolute atomic E-state index is 0.0809. The number of nitrogens with one attached hydrogen (secondary N) is 2. The Hall–Kier alpha value is -2.77. The first kappa shape index (κ1) is 20.0. The Morgan fingerprint density at radius 3 is 2.89 bits per heavy atom. The minimum atomic E-state index is -0.0809. The summed E-state index contributed by atoms with van der Waals surface area (Å²) in [5, 5.41) is 11.3. The summed E-state index contributed by atoms with van der Waals surface area (Å²) in [5.74, 6) is 4.15. The van der Waals surface area contributed by atoms with Crippen molar-refractivity contribution in [2.24, 2.45) is 4.99 Å². The maximum absolute atomic E-state index is 5.99. The fraction of sp³-hybridized carbons (Fsp3) is 0.550. The van der Waals surface area contributed by atoms with E-state index >= 15 is 0 Å². The van der Waals surface area contributed by atoms with Gasteiger partial charge < -0.3 is 20.1 Å². The molecule has 0 saturated carbocycles. The van der Waals surface area contributed by atoms with Crippen molar-refractivity contribution in [3.8, 4) is 11.5 Å². The van der Waals surface area contributed by atoms with Gasteiger partial charge in [-0.15, -0.1) is 0 Å². The number of ether oxygens (including phenoxy) is 2. The van der Waals surface area contributed by atoms with E-state index < -0.39 is 0 Å². The van der Waals surface area contributed by atoms with Crippen molar-refractivity contribution in [3.05, 3.63) is 35.9 Å². The van der Waals surface area contributed by atoms with Crippen LogP contribution in [0.25, 0.3) is 0 Å². The highest BCUT2D eigenvalue weighted by Gasteiger charge is 2.21. The number of rotatable bonds is 7. The number of hydrogen-bond acceptors (Lipinski definition) is 5. The lowest BCUT2D eigenvalue weighted by Crippen LogP contribution is -2.47. The van der Waals surface area contributed by atoms with E-state index in [9.17, 15) is 0 Å². The number of nitrogens with zero attached hydrogens (tertiary/aromatic N) is 4. The van der Waals surface area contributed by atoms with E-state index in [4.69, 9.17) is 14.5 Å². The predicted octanol–water partition coefficient (Wildman–Crippen LogP) is 1.93. The molecule has 1 aliphatic rings. The number of methoxy groups -OCH3 is 1. The third kappa shape index (κ3) is 5.15. The summed E-state index contributed by atoms with van der Waals surface area (Å²) in [6, 6.07) is 7.93. The number of fused-ring (bicyclic) bond motifs is 1. The molecule has 2 unspecified atom stereocenters. The van der Waals surface area contributed by atoms with Gasteiger partial charge in [-0.2, -0.15) is 5.10 Å². The Labute approximate surface area is 166 Å². The van der Waals surface area contributed by atoms with E-state index in [1.54, 1.807) is 7.11 Å². The zero-order valence-corrected chi connectivity index (χ0v) is 17.1. The normalized spacial score (nSPS) is 17.6. The van der Waals surface area contributed by atoms with Gasteiger partial charge in [0.2, 0.25) is 0 Å². The smallest absolute Gasteiger partial charge is 0.191 e. The Morgan fingerprint density at radius 2 is 2.14 bits per heavy atom. The fourth-order valence-electron chi connectivity index (χ4n) is 3.25. The molecule has 2 aromatic rings. The summed E-state index contributed by atoms with van der Waals surface area (Å²) < 4.78 is 13.3. The van der Waals surface area contributed by atoms with Crippen LogP contribution in [0.5, 0.6) is 11.5 Å². The zero-order chi connectivity index (χ0) is 19.9. The van der Waals surface area contributed by atoms with Crippen molar-refractivity contribution in [2.45, 2.75) is 52.3 Å². The van der Waals surface area contributed by atoms with Crippen LogP contribution in [-0.4, -0.2) is 53.1 Å². The van der Waals surface area contributed by atoms with Crippen molar-refractivity contribution in [1.29, 1.82) is 0 Å². The molecule has 0 radical (unpaired) electrons. The van der Waals surface area contributed by atoms with Gasteiger partial charge in [-0.1, -0.05) is 12.1 Å². The average Bonchev–Trinajstić information content (AvgIpc) is 3.06. The molecule has 0 aliphatic carbocycles. The first-order valence-corrected chi connectivity index (χ1v) is 9.84. The minimum Gasteiger partial charge on any atom is -0.493 e. The van der Waals surface area contributed by atoms with E-state index in [1.807, 2.05) is 42.8 Å². The van der Waals surface area contributed by atoms with E-state index in [-0.39, 0.29) is 12.1 Å². The van der Waals surface area contributed by atoms with Gasteiger partial charge in [0.05, 0.1) is 20.2 Å². The molecule has 1 aliphatic heterocycles. The van der Waals surface area contributed by atoms with Crippen LogP contribution in [0.2, 0.25) is 0 Å². The SMILES string of the molecule is CCNC(=NCC(C)Oc1ccccc1OC)NC1CCc2nc(C)nn2C1. The molecule has 0 saturated heterocycles. The average molecular weight is 387 g/mol. The Bertz CT molecular complexity index is 804. The van der Waals surface area contributed by atoms with E-state index in [0.29, 0.717) is 6.54 Å². The highest BCUT2D eigenvalue weighted by atomic mass is 16.5. The molecule has 3 rings (SSSR count). The molecule has 2 heterocycles. The third-order valence-corrected chi connectivity index (χ3v) is 4.55. The lowest BCUT2D eigenvalue weighted by Gasteiger charge is -2.25. The highest BCUT2D eigenvalue weighted by Crippen LogP contribution is 2.26. The van der Waals surface area contributed by atoms with Crippen LogP contribution < -0.4 is 20.1 Å². The van der Waals surface area contributed by atoms with Crippen molar-refractivity contribution >= 4 is 5.96 Å². The molecule has 1 aromatic carbocycles. The first-order chi connectivity index (χ1) is 13.6. The van der Waals surface area contributed by atoms with Gasteiger partial charge in [-0.3, -0.25) is 0 Å². The Kier molecular flexibility index (Phi) is 6.73. The van der Waals surface area contributed by atoms with Crippen molar-refractivity contribution in [2.75, 3.05) is 20.2 Å². The first-order valence-electron chi connectivity index (χ1n) is 9.84. The summed E-state index contributed by atoms with van der Waals surface area (Å²) in [5.41, 5.74) is 0. The van der Waals surface area contributed by atoms with Crippen molar-refractivity contribution in [3.63, 3.8) is 0 Å². The maximum atomic E-state index is 5.99. The highest BCUT2D eigenvalue weighted by molar-refractivity contribution is 5.80. The lowest BCUT2D eigenvalue weighted by atomic mass is 10.1. The van der Waals surface area contributed by atoms with E-state index in [2.05, 4.69) is 27.6 Å². The van der Waals surface area contributed by atoms with Crippen LogP contribution in [0.3, 0.4) is 0 Å². The molecule has 0 amide bonds. The van der Waals surface area contributed by atoms with Crippen LogP contribution in [0.4, 0.5) is 0 Å². The maximum Gasteiger partial charge on any atom is 0.191 e. The number of aliphatic imine (C=N–C) groups is 1. The molecule has 2 atom stereocenters. The van der Waals surface area contributed by atoms with Gasteiger partial charge >= 0.3 is 0 Å². The topological polar surface area (TPSA) is 85.6 Å². The number of hydrogen-bond donors (Lipinski definition) is 2. The summed E-state index contributed by atoms with van der Waals surface area (Å²) in [6.07, 6.45) is 1.85. The molecule has 0 fully saturated rings. The van der Waals surface area contributed by atoms with Gasteiger partial charge in [0.1, 0.15) is 17.8 Å². The number of benzene rings is 1. The number of guanidine groups is 1. The molecule has 0 spiro atoms. The molecule has 0 bridgehead atoms. The standard InChI is InChI=1S/C20H30N6O2/c1-5-21-20(24-16-10-11-19-23-15(3)25-26(19)13-16)22-12-14(2)28-18-9-7-6-8-17(18)27-4/h6-9,14,16H,5,10-13H2,1-4H3,(H2,21,22,24). The summed E-state index contributed by atoms with van der Waals surface area (Å²) >= 11 is 0. The monoisotopic (exact) mass is 386 g/mol. The lowest BCUT2D eigenvalue weighted by molar-refractivity contribution is 0.219. The van der Waals surface area contributed by atoms with Crippen LogP contribution in [0.1, 0.15) is 31.9 Å². The number of para-hydroxylation sites is 2. The van der Waals surface area contributed by atoms with Gasteiger partial charge in [0.25, 0.3) is 0 Å². The summed E-state index contributed by atoms with van der Waals surface area (Å²) in [7, 11) is 1.64. The van der Waals surface area contributed by atoms with Crippen molar-refractivity contribution < 1.29 is 9.47 Å². The Balaban J connectivity index is 1.58. The molecule has 8 nitrogen and oxygen atoms in total. The van der Waals surface area contributed by atoms with Crippen LogP contribution in [0, 0.1) is 6.92 Å². The van der Waals surface area contributed by atoms with Gasteiger partial charge in [0, 0.05) is 19.0 Å². The molecular formula is C20H30N6O2. The second kappa shape index (κ2) is 9.43. The van der Waals surface area contributed by atoms with Gasteiger partial charge in [-0.05, 0) is 39.3 Å². The molecule has 152 valence electrons. The molecular weight excluding hydrogens is 356 g/mol. The molecule has 28 heavy (non-hydrogen) atoms. The van der Waals surface area contributed by atoms with Gasteiger partial charge in [0.15, 0.2) is 17.5 Å². The Morgan fingerprint density at radius 1 is 1.36 bits per heavy atom. The van der Waals surface area contributed by atoms with Crippen LogP contribution in [0.15, 0.2) is 29.3 Å². The van der Waals surface area contributed by atoms with E-state index in [1.165, 1.54) is 0 Å². The van der Waals surface area contributed by atoms with Crippen LogP contribution >= 0.6 is 0 Å². The second-order valence-corrected chi connectivity index (χ2v) is 6.94. The number of aryl methyl sites for hydroxylation is 2. The number of aromatic nitrogens is 3. The summed E-state index contributed by atoms with van der Waals surface area (Å²) in [4.78, 5) is 9.17. The summed E-state index contributed by atoms with van der Waals surface area (Å²) in [6.45, 7) is 8.13. The predicted molar refractivity (Wildman–Crippen MR) is 109 cm³/mol.